The van der Waals surface area contributed by atoms with Crippen molar-refractivity contribution in [2.45, 2.75) is 40.7 Å². The van der Waals surface area contributed by atoms with Crippen LogP contribution < -0.4 is 5.32 Å². The first-order valence-corrected chi connectivity index (χ1v) is 5.40. The van der Waals surface area contributed by atoms with Crippen molar-refractivity contribution in [1.82, 2.24) is 5.32 Å². The van der Waals surface area contributed by atoms with E-state index < -0.39 is 0 Å². The lowest BCUT2D eigenvalue weighted by atomic mass is 9.97. The maximum absolute atomic E-state index is 5.58. The molecule has 0 aromatic rings. The topological polar surface area (TPSA) is 21.3 Å². The van der Waals surface area contributed by atoms with E-state index in [4.69, 9.17) is 4.74 Å². The van der Waals surface area contributed by atoms with E-state index in [1.54, 1.807) is 0 Å². The van der Waals surface area contributed by atoms with Gasteiger partial charge in [-0.15, -0.1) is 0 Å². The Morgan fingerprint density at radius 2 is 1.69 bits per heavy atom. The Kier molecular flexibility index (Phi) is 7.29. The molecule has 2 unspecified atom stereocenters. The monoisotopic (exact) mass is 187 g/mol. The van der Waals surface area contributed by atoms with Crippen molar-refractivity contribution in [3.05, 3.63) is 0 Å². The van der Waals surface area contributed by atoms with Gasteiger partial charge in [0.1, 0.15) is 0 Å². The zero-order chi connectivity index (χ0) is 10.3. The lowest BCUT2D eigenvalue weighted by molar-refractivity contribution is 0.0422. The molecule has 80 valence electrons. The second-order valence-electron chi connectivity index (χ2n) is 4.14. The van der Waals surface area contributed by atoms with Crippen LogP contribution in [0.15, 0.2) is 0 Å². The summed E-state index contributed by atoms with van der Waals surface area (Å²) in [5.41, 5.74) is 0. The minimum Gasteiger partial charge on any atom is -0.379 e. The fraction of sp³-hybridized carbons (Fsp3) is 1.00. The molecule has 0 saturated heterocycles. The zero-order valence-corrected chi connectivity index (χ0v) is 9.76. The van der Waals surface area contributed by atoms with Gasteiger partial charge < -0.3 is 10.1 Å². The molecule has 0 heterocycles. The molecule has 0 aromatic heterocycles. The highest BCUT2D eigenvalue weighted by Gasteiger charge is 2.12. The Morgan fingerprint density at radius 1 is 1.08 bits per heavy atom. The predicted octanol–water partition coefficient (Wildman–Crippen LogP) is 2.29. The lowest BCUT2D eigenvalue weighted by Gasteiger charge is -2.21. The van der Waals surface area contributed by atoms with Crippen molar-refractivity contribution in [3.63, 3.8) is 0 Å². The van der Waals surface area contributed by atoms with Gasteiger partial charge in [0.05, 0.1) is 6.10 Å². The quantitative estimate of drug-likeness (QED) is 0.660. The Labute approximate surface area is 83.1 Å². The van der Waals surface area contributed by atoms with Crippen LogP contribution in [-0.2, 0) is 4.74 Å². The molecule has 0 bridgehead atoms. The summed E-state index contributed by atoms with van der Waals surface area (Å²) in [5.74, 6) is 1.33. The smallest absolute Gasteiger partial charge is 0.0519 e. The molecule has 2 atom stereocenters. The first-order valence-electron chi connectivity index (χ1n) is 5.40. The maximum atomic E-state index is 5.58. The highest BCUT2D eigenvalue weighted by Crippen LogP contribution is 2.10. The summed E-state index contributed by atoms with van der Waals surface area (Å²) in [5, 5.41) is 3.36. The van der Waals surface area contributed by atoms with E-state index in [0.29, 0.717) is 17.9 Å². The summed E-state index contributed by atoms with van der Waals surface area (Å²) in [6, 6.07) is 0. The van der Waals surface area contributed by atoms with E-state index in [-0.39, 0.29) is 0 Å². The largest absolute Gasteiger partial charge is 0.379 e. The first-order chi connectivity index (χ1) is 6.07. The molecule has 0 radical (unpaired) electrons. The van der Waals surface area contributed by atoms with Crippen molar-refractivity contribution >= 4 is 0 Å². The Morgan fingerprint density at radius 3 is 2.15 bits per heavy atom. The third-order valence-corrected chi connectivity index (χ3v) is 2.38. The van der Waals surface area contributed by atoms with Gasteiger partial charge in [-0.1, -0.05) is 20.8 Å². The van der Waals surface area contributed by atoms with Gasteiger partial charge in [0.2, 0.25) is 0 Å². The van der Waals surface area contributed by atoms with Gasteiger partial charge in [0, 0.05) is 6.61 Å². The van der Waals surface area contributed by atoms with E-state index in [9.17, 15) is 0 Å². The van der Waals surface area contributed by atoms with Crippen LogP contribution in [0.3, 0.4) is 0 Å². The summed E-state index contributed by atoms with van der Waals surface area (Å²) in [7, 11) is 0. The van der Waals surface area contributed by atoms with Crippen LogP contribution in [0.2, 0.25) is 0 Å². The molecule has 0 fully saturated rings. The minimum atomic E-state index is 0.355. The third-order valence-electron chi connectivity index (χ3n) is 2.38. The number of rotatable bonds is 7. The van der Waals surface area contributed by atoms with Crippen LogP contribution in [0.4, 0.5) is 0 Å². The molecule has 0 rings (SSSR count). The van der Waals surface area contributed by atoms with Crippen LogP contribution in [-0.4, -0.2) is 25.8 Å². The number of nitrogens with one attached hydrogen (secondary N) is 1. The molecule has 0 aromatic carbocycles. The molecular weight excluding hydrogens is 162 g/mol. The number of hydrogen-bond donors (Lipinski definition) is 1. The van der Waals surface area contributed by atoms with Crippen LogP contribution >= 0.6 is 0 Å². The molecule has 13 heavy (non-hydrogen) atoms. The van der Waals surface area contributed by atoms with Crippen molar-refractivity contribution in [3.8, 4) is 0 Å². The predicted molar refractivity (Wildman–Crippen MR) is 58.0 cm³/mol. The van der Waals surface area contributed by atoms with E-state index in [1.165, 1.54) is 0 Å². The van der Waals surface area contributed by atoms with E-state index in [2.05, 4.69) is 39.9 Å². The molecule has 0 saturated carbocycles. The summed E-state index contributed by atoms with van der Waals surface area (Å²) in [6.45, 7) is 13.9. The Hall–Kier alpha value is -0.0800. The zero-order valence-electron chi connectivity index (χ0n) is 9.76. The third kappa shape index (κ3) is 7.03. The second kappa shape index (κ2) is 7.34. The normalized spacial score (nSPS) is 16.2. The van der Waals surface area contributed by atoms with Gasteiger partial charge in [-0.3, -0.25) is 0 Å². The minimum absolute atomic E-state index is 0.355. The molecule has 0 aliphatic carbocycles. The van der Waals surface area contributed by atoms with Crippen LogP contribution in [0.25, 0.3) is 0 Å². The van der Waals surface area contributed by atoms with Crippen molar-refractivity contribution in [2.75, 3.05) is 19.7 Å². The van der Waals surface area contributed by atoms with Crippen LogP contribution in [0.1, 0.15) is 34.6 Å². The first kappa shape index (κ1) is 12.9. The summed E-state index contributed by atoms with van der Waals surface area (Å²) in [4.78, 5) is 0. The summed E-state index contributed by atoms with van der Waals surface area (Å²) >= 11 is 0. The Balaban J connectivity index is 3.50. The average Bonchev–Trinajstić information content (AvgIpc) is 2.10. The van der Waals surface area contributed by atoms with E-state index in [1.807, 2.05) is 0 Å². The molecular formula is C11H25NO. The average molecular weight is 187 g/mol. The number of ether oxygens (including phenoxy) is 1. The van der Waals surface area contributed by atoms with Gasteiger partial charge in [0.25, 0.3) is 0 Å². The molecule has 0 aliphatic heterocycles. The van der Waals surface area contributed by atoms with Crippen molar-refractivity contribution < 1.29 is 4.74 Å². The van der Waals surface area contributed by atoms with Gasteiger partial charge in [-0.2, -0.15) is 0 Å². The van der Waals surface area contributed by atoms with Crippen LogP contribution in [0.5, 0.6) is 0 Å². The molecule has 2 heteroatoms. The van der Waals surface area contributed by atoms with Crippen molar-refractivity contribution in [1.29, 1.82) is 0 Å². The fourth-order valence-corrected chi connectivity index (χ4v) is 1.08. The van der Waals surface area contributed by atoms with Crippen LogP contribution in [0, 0.1) is 11.8 Å². The highest BCUT2D eigenvalue weighted by atomic mass is 16.5. The summed E-state index contributed by atoms with van der Waals surface area (Å²) in [6.07, 6.45) is 0.355. The van der Waals surface area contributed by atoms with Gasteiger partial charge in [-0.05, 0) is 38.8 Å². The summed E-state index contributed by atoms with van der Waals surface area (Å²) < 4.78 is 5.58. The molecule has 0 spiro atoms. The highest BCUT2D eigenvalue weighted by molar-refractivity contribution is 4.63. The van der Waals surface area contributed by atoms with Crippen molar-refractivity contribution in [2.24, 2.45) is 11.8 Å². The van der Waals surface area contributed by atoms with Gasteiger partial charge in [-0.25, -0.2) is 0 Å². The molecule has 1 N–H and O–H groups in total. The standard InChI is InChI=1S/C11H25NO/c1-6-12-7-10(4)11(5)8-13-9(2)3/h9-12H,6-8H2,1-5H3. The molecule has 2 nitrogen and oxygen atoms in total. The Bertz CT molecular complexity index is 115. The van der Waals surface area contributed by atoms with E-state index >= 15 is 0 Å². The maximum Gasteiger partial charge on any atom is 0.0519 e. The molecule has 0 aliphatic rings. The SMILES string of the molecule is CCNCC(C)C(C)COC(C)C. The lowest BCUT2D eigenvalue weighted by Crippen LogP contribution is -2.27. The van der Waals surface area contributed by atoms with E-state index in [0.717, 1.165) is 19.7 Å². The molecule has 0 amide bonds. The second-order valence-corrected chi connectivity index (χ2v) is 4.14. The number of hydrogen-bond acceptors (Lipinski definition) is 2. The van der Waals surface area contributed by atoms with Gasteiger partial charge >= 0.3 is 0 Å². The van der Waals surface area contributed by atoms with Gasteiger partial charge in [0.15, 0.2) is 0 Å². The fourth-order valence-electron chi connectivity index (χ4n) is 1.08.